The molecule has 4 nitrogen and oxygen atoms in total. The molecule has 2 aliphatic rings. The third-order valence-electron chi connectivity index (χ3n) is 4.06. The number of carbonyl (C=O) groups excluding carboxylic acids is 2. The van der Waals surface area contributed by atoms with E-state index in [9.17, 15) is 9.59 Å². The summed E-state index contributed by atoms with van der Waals surface area (Å²) < 4.78 is 0. The van der Waals surface area contributed by atoms with Gasteiger partial charge < -0.3 is 10.6 Å². The smallest absolute Gasteiger partial charge is 0.224 e. The van der Waals surface area contributed by atoms with E-state index in [1.165, 1.54) is 0 Å². The number of hydrogen-bond donors (Lipinski definition) is 2. The zero-order chi connectivity index (χ0) is 16.0. The molecule has 0 saturated heterocycles. The fourth-order valence-corrected chi connectivity index (χ4v) is 3.44. The Labute approximate surface area is 127 Å². The van der Waals surface area contributed by atoms with E-state index in [1.807, 2.05) is 41.5 Å². The number of fused-ring (bicyclic) bond motifs is 2. The van der Waals surface area contributed by atoms with Crippen LogP contribution < -0.4 is 10.6 Å². The largest absolute Gasteiger partial charge is 0.351 e. The van der Waals surface area contributed by atoms with Crippen LogP contribution in [-0.2, 0) is 9.59 Å². The number of carbonyl (C=O) groups is 2. The summed E-state index contributed by atoms with van der Waals surface area (Å²) in [7, 11) is 0. The summed E-state index contributed by atoms with van der Waals surface area (Å²) in [5.41, 5.74) is -0.540. The van der Waals surface area contributed by atoms with Crippen molar-refractivity contribution in [2.75, 3.05) is 0 Å². The van der Waals surface area contributed by atoms with E-state index < -0.39 is 0 Å². The van der Waals surface area contributed by atoms with Gasteiger partial charge in [-0.15, -0.1) is 0 Å². The lowest BCUT2D eigenvalue weighted by Gasteiger charge is -2.32. The van der Waals surface area contributed by atoms with Crippen LogP contribution in [-0.4, -0.2) is 22.9 Å². The predicted molar refractivity (Wildman–Crippen MR) is 83.5 cm³/mol. The molecule has 0 aromatic rings. The Hall–Kier alpha value is -1.32. The highest BCUT2D eigenvalue weighted by Crippen LogP contribution is 2.48. The second-order valence-corrected chi connectivity index (χ2v) is 8.48. The average Bonchev–Trinajstić information content (AvgIpc) is 2.82. The normalized spacial score (nSPS) is 31.3. The molecule has 0 heterocycles. The van der Waals surface area contributed by atoms with Gasteiger partial charge >= 0.3 is 0 Å². The van der Waals surface area contributed by atoms with Crippen LogP contribution in [0.4, 0.5) is 0 Å². The summed E-state index contributed by atoms with van der Waals surface area (Å²) in [6, 6.07) is 0. The van der Waals surface area contributed by atoms with Gasteiger partial charge in [-0.05, 0) is 59.8 Å². The van der Waals surface area contributed by atoms with E-state index in [1.54, 1.807) is 0 Å². The van der Waals surface area contributed by atoms with Crippen molar-refractivity contribution in [3.63, 3.8) is 0 Å². The summed E-state index contributed by atoms with van der Waals surface area (Å²) in [5.74, 6) is -0.0499. The zero-order valence-corrected chi connectivity index (χ0v) is 14.0. The van der Waals surface area contributed by atoms with Gasteiger partial charge in [-0.2, -0.15) is 0 Å². The van der Waals surface area contributed by atoms with Crippen molar-refractivity contribution >= 4 is 11.8 Å². The fraction of sp³-hybridized carbons (Fsp3) is 0.765. The molecule has 0 aromatic heterocycles. The van der Waals surface area contributed by atoms with Crippen LogP contribution >= 0.6 is 0 Å². The summed E-state index contributed by atoms with van der Waals surface area (Å²) in [5, 5.41) is 6.08. The van der Waals surface area contributed by atoms with Crippen molar-refractivity contribution < 1.29 is 9.59 Å². The molecule has 4 heteroatoms. The summed E-state index contributed by atoms with van der Waals surface area (Å²) in [4.78, 5) is 25.2. The lowest BCUT2D eigenvalue weighted by Crippen LogP contribution is -2.51. The minimum absolute atomic E-state index is 0.00779. The van der Waals surface area contributed by atoms with Crippen LogP contribution in [0.2, 0.25) is 0 Å². The molecule has 0 aromatic carbocycles. The third-order valence-corrected chi connectivity index (χ3v) is 4.06. The lowest BCUT2D eigenvalue weighted by molar-refractivity contribution is -0.137. The molecule has 1 fully saturated rings. The number of rotatable bonds is 2. The molecule has 0 aliphatic heterocycles. The van der Waals surface area contributed by atoms with E-state index in [4.69, 9.17) is 0 Å². The van der Waals surface area contributed by atoms with Crippen molar-refractivity contribution in [3.05, 3.63) is 12.2 Å². The summed E-state index contributed by atoms with van der Waals surface area (Å²) in [6.07, 6.45) is 5.14. The SMILES string of the molecule is CC(C)(C)NC(=O)C1C2C=CC(C2)C1C(=O)NC(C)(C)C. The van der Waals surface area contributed by atoms with Gasteiger partial charge in [-0.1, -0.05) is 12.2 Å². The molecular weight excluding hydrogens is 264 g/mol. The topological polar surface area (TPSA) is 58.2 Å². The molecule has 2 N–H and O–H groups in total. The van der Waals surface area contributed by atoms with Gasteiger partial charge in [0.2, 0.25) is 11.8 Å². The molecular formula is C17H28N2O2. The number of amides is 2. The number of hydrogen-bond acceptors (Lipinski definition) is 2. The Kier molecular flexibility index (Phi) is 3.94. The monoisotopic (exact) mass is 292 g/mol. The van der Waals surface area contributed by atoms with Crippen LogP contribution in [0.25, 0.3) is 0 Å². The summed E-state index contributed by atoms with van der Waals surface area (Å²) in [6.45, 7) is 11.8. The van der Waals surface area contributed by atoms with Gasteiger partial charge in [0.1, 0.15) is 0 Å². The van der Waals surface area contributed by atoms with Gasteiger partial charge in [0.15, 0.2) is 0 Å². The first-order valence-electron chi connectivity index (χ1n) is 7.80. The lowest BCUT2D eigenvalue weighted by atomic mass is 9.81. The van der Waals surface area contributed by atoms with Gasteiger partial charge in [0, 0.05) is 11.1 Å². The molecule has 2 rings (SSSR count). The Balaban J connectivity index is 2.17. The first kappa shape index (κ1) is 16.1. The van der Waals surface area contributed by atoms with E-state index >= 15 is 0 Å². The predicted octanol–water partition coefficient (Wildman–Crippen LogP) is 2.25. The van der Waals surface area contributed by atoms with Crippen LogP contribution in [0.15, 0.2) is 12.2 Å². The average molecular weight is 292 g/mol. The Bertz CT molecular complexity index is 426. The highest BCUT2D eigenvalue weighted by atomic mass is 16.2. The molecule has 21 heavy (non-hydrogen) atoms. The van der Waals surface area contributed by atoms with Gasteiger partial charge in [0.05, 0.1) is 11.8 Å². The molecule has 118 valence electrons. The van der Waals surface area contributed by atoms with Gasteiger partial charge in [-0.3, -0.25) is 9.59 Å². The van der Waals surface area contributed by atoms with Crippen LogP contribution in [0.1, 0.15) is 48.0 Å². The molecule has 4 atom stereocenters. The second-order valence-electron chi connectivity index (χ2n) is 8.48. The Morgan fingerprint density at radius 1 is 0.810 bits per heavy atom. The minimum atomic E-state index is -0.270. The highest BCUT2D eigenvalue weighted by Gasteiger charge is 2.52. The van der Waals surface area contributed by atoms with Crippen LogP contribution in [0, 0.1) is 23.7 Å². The molecule has 2 bridgehead atoms. The Morgan fingerprint density at radius 2 is 1.14 bits per heavy atom. The van der Waals surface area contributed by atoms with Crippen LogP contribution in [0.3, 0.4) is 0 Å². The minimum Gasteiger partial charge on any atom is -0.351 e. The highest BCUT2D eigenvalue weighted by molar-refractivity contribution is 5.90. The second kappa shape index (κ2) is 5.15. The van der Waals surface area contributed by atoms with Crippen molar-refractivity contribution in [2.24, 2.45) is 23.7 Å². The molecule has 1 saturated carbocycles. The van der Waals surface area contributed by atoms with Crippen molar-refractivity contribution in [1.29, 1.82) is 0 Å². The molecule has 2 amide bonds. The molecule has 4 unspecified atom stereocenters. The standard InChI is InChI=1S/C17H28N2O2/c1-16(2,3)18-14(20)12-10-7-8-11(9-10)13(12)15(21)19-17(4,5)6/h7-8,10-13H,9H2,1-6H3,(H,18,20)(H,19,21). The van der Waals surface area contributed by atoms with E-state index in [-0.39, 0.29) is 46.6 Å². The number of allylic oxidation sites excluding steroid dienone is 2. The first-order chi connectivity index (χ1) is 9.48. The third kappa shape index (κ3) is 3.66. The van der Waals surface area contributed by atoms with Crippen molar-refractivity contribution in [1.82, 2.24) is 10.6 Å². The van der Waals surface area contributed by atoms with Gasteiger partial charge in [-0.25, -0.2) is 0 Å². The Morgan fingerprint density at radius 3 is 1.43 bits per heavy atom. The first-order valence-corrected chi connectivity index (χ1v) is 7.80. The van der Waals surface area contributed by atoms with E-state index in [2.05, 4.69) is 22.8 Å². The van der Waals surface area contributed by atoms with Gasteiger partial charge in [0.25, 0.3) is 0 Å². The van der Waals surface area contributed by atoms with Crippen molar-refractivity contribution in [2.45, 2.75) is 59.0 Å². The zero-order valence-electron chi connectivity index (χ0n) is 14.0. The van der Waals surface area contributed by atoms with E-state index in [0.29, 0.717) is 0 Å². The maximum atomic E-state index is 12.6. The van der Waals surface area contributed by atoms with Crippen LogP contribution in [0.5, 0.6) is 0 Å². The number of nitrogens with one attached hydrogen (secondary N) is 2. The maximum Gasteiger partial charge on any atom is 0.224 e. The summed E-state index contributed by atoms with van der Waals surface area (Å²) >= 11 is 0. The van der Waals surface area contributed by atoms with Crippen molar-refractivity contribution in [3.8, 4) is 0 Å². The molecule has 0 radical (unpaired) electrons. The maximum absolute atomic E-state index is 12.6. The quantitative estimate of drug-likeness (QED) is 0.767. The molecule has 2 aliphatic carbocycles. The fourth-order valence-electron chi connectivity index (χ4n) is 3.44. The molecule has 0 spiro atoms. The van der Waals surface area contributed by atoms with E-state index in [0.717, 1.165) is 6.42 Å².